The molecule has 0 atom stereocenters. The maximum Gasteiger partial charge on any atom is 0.276 e. The summed E-state index contributed by atoms with van der Waals surface area (Å²) in [6.45, 7) is 0.227. The van der Waals surface area contributed by atoms with E-state index in [0.29, 0.717) is 23.7 Å². The number of para-hydroxylation sites is 2. The van der Waals surface area contributed by atoms with E-state index in [-0.39, 0.29) is 6.61 Å². The number of hydrogen-bond acceptors (Lipinski definition) is 4. The predicted molar refractivity (Wildman–Crippen MR) is 110 cm³/mol. The summed E-state index contributed by atoms with van der Waals surface area (Å²) in [5, 5.41) is 0. The Hall–Kier alpha value is -3.80. The van der Waals surface area contributed by atoms with Crippen LogP contribution in [-0.4, -0.2) is 25.0 Å². The zero-order valence-electron chi connectivity index (χ0n) is 15.8. The molecule has 3 aromatic rings. The van der Waals surface area contributed by atoms with Crippen molar-refractivity contribution in [3.63, 3.8) is 0 Å². The lowest BCUT2D eigenvalue weighted by Crippen LogP contribution is -2.43. The summed E-state index contributed by atoms with van der Waals surface area (Å²) >= 11 is 0. The lowest BCUT2D eigenvalue weighted by Gasteiger charge is -2.12. The van der Waals surface area contributed by atoms with Gasteiger partial charge in [0.25, 0.3) is 11.8 Å². The zero-order chi connectivity index (χ0) is 20.3. The third-order valence-corrected chi connectivity index (χ3v) is 4.05. The fourth-order valence-electron chi connectivity index (χ4n) is 2.60. The number of nitrogens with one attached hydrogen (secondary N) is 2. The molecule has 0 bridgehead atoms. The van der Waals surface area contributed by atoms with Gasteiger partial charge in [0.2, 0.25) is 0 Å². The number of carbonyl (C=O) groups is 2. The molecule has 0 aromatic heterocycles. The maximum atomic E-state index is 12.4. The average Bonchev–Trinajstić information content (AvgIpc) is 2.78. The Kier molecular flexibility index (Phi) is 7.23. The summed E-state index contributed by atoms with van der Waals surface area (Å²) in [7, 11) is 0. The third kappa shape index (κ3) is 6.39. The monoisotopic (exact) mass is 390 g/mol. The van der Waals surface area contributed by atoms with E-state index in [1.807, 2.05) is 48.5 Å². The Labute approximate surface area is 169 Å². The van der Waals surface area contributed by atoms with Gasteiger partial charge in [-0.15, -0.1) is 0 Å². The Morgan fingerprint density at radius 3 is 2.14 bits per heavy atom. The van der Waals surface area contributed by atoms with Gasteiger partial charge in [-0.25, -0.2) is 0 Å². The summed E-state index contributed by atoms with van der Waals surface area (Å²) in [6.07, 6.45) is 0.727. The van der Waals surface area contributed by atoms with Crippen LogP contribution in [0.25, 0.3) is 0 Å². The van der Waals surface area contributed by atoms with Crippen molar-refractivity contribution >= 4 is 11.8 Å². The summed E-state index contributed by atoms with van der Waals surface area (Å²) in [4.78, 5) is 24.3. The van der Waals surface area contributed by atoms with Gasteiger partial charge in [0.1, 0.15) is 11.5 Å². The highest BCUT2D eigenvalue weighted by atomic mass is 16.5. The SMILES string of the molecule is O=C(COc1ccccc1)NNC(=O)c1ccccc1OCCc1ccccc1. The zero-order valence-corrected chi connectivity index (χ0v) is 15.8. The smallest absolute Gasteiger partial charge is 0.276 e. The van der Waals surface area contributed by atoms with Gasteiger partial charge in [-0.2, -0.15) is 0 Å². The largest absolute Gasteiger partial charge is 0.492 e. The second-order valence-electron chi connectivity index (χ2n) is 6.18. The quantitative estimate of drug-likeness (QED) is 0.580. The minimum absolute atomic E-state index is 0.209. The van der Waals surface area contributed by atoms with Gasteiger partial charge < -0.3 is 9.47 Å². The number of hydrazine groups is 1. The number of ether oxygens (including phenoxy) is 2. The van der Waals surface area contributed by atoms with E-state index in [0.717, 1.165) is 12.0 Å². The van der Waals surface area contributed by atoms with Crippen molar-refractivity contribution in [2.24, 2.45) is 0 Å². The molecule has 0 spiro atoms. The number of hydrogen-bond donors (Lipinski definition) is 2. The molecule has 29 heavy (non-hydrogen) atoms. The lowest BCUT2D eigenvalue weighted by atomic mass is 10.1. The molecule has 0 aliphatic carbocycles. The molecule has 0 radical (unpaired) electrons. The molecule has 148 valence electrons. The highest BCUT2D eigenvalue weighted by molar-refractivity contribution is 5.97. The lowest BCUT2D eigenvalue weighted by molar-refractivity contribution is -0.123. The van der Waals surface area contributed by atoms with Crippen molar-refractivity contribution in [2.45, 2.75) is 6.42 Å². The summed E-state index contributed by atoms with van der Waals surface area (Å²) in [5.74, 6) is 0.0971. The third-order valence-electron chi connectivity index (χ3n) is 4.05. The molecule has 0 aliphatic heterocycles. The predicted octanol–water partition coefficient (Wildman–Crippen LogP) is 3.15. The number of rotatable bonds is 8. The van der Waals surface area contributed by atoms with E-state index in [1.54, 1.807) is 36.4 Å². The van der Waals surface area contributed by atoms with Gasteiger partial charge in [0.05, 0.1) is 12.2 Å². The second-order valence-corrected chi connectivity index (χ2v) is 6.18. The van der Waals surface area contributed by atoms with Crippen LogP contribution in [0.3, 0.4) is 0 Å². The molecule has 6 heteroatoms. The first-order valence-electron chi connectivity index (χ1n) is 9.25. The van der Waals surface area contributed by atoms with E-state index in [4.69, 9.17) is 9.47 Å². The molecule has 3 aromatic carbocycles. The maximum absolute atomic E-state index is 12.4. The van der Waals surface area contributed by atoms with Crippen LogP contribution in [0.1, 0.15) is 15.9 Å². The van der Waals surface area contributed by atoms with Crippen molar-refractivity contribution < 1.29 is 19.1 Å². The van der Waals surface area contributed by atoms with Crippen LogP contribution < -0.4 is 20.3 Å². The second kappa shape index (κ2) is 10.5. The molecule has 0 saturated carbocycles. The molecule has 2 N–H and O–H groups in total. The Morgan fingerprint density at radius 2 is 1.38 bits per heavy atom. The number of benzene rings is 3. The number of carbonyl (C=O) groups excluding carboxylic acids is 2. The van der Waals surface area contributed by atoms with Crippen molar-refractivity contribution in [3.8, 4) is 11.5 Å². The van der Waals surface area contributed by atoms with Crippen LogP contribution in [0.2, 0.25) is 0 Å². The first-order chi connectivity index (χ1) is 14.2. The topological polar surface area (TPSA) is 76.7 Å². The fraction of sp³-hybridized carbons (Fsp3) is 0.130. The molecule has 2 amide bonds. The van der Waals surface area contributed by atoms with Gasteiger partial charge in [-0.05, 0) is 29.8 Å². The molecular weight excluding hydrogens is 368 g/mol. The van der Waals surface area contributed by atoms with Crippen molar-refractivity contribution in [1.29, 1.82) is 0 Å². The van der Waals surface area contributed by atoms with Crippen molar-refractivity contribution in [1.82, 2.24) is 10.9 Å². The normalized spacial score (nSPS) is 10.1. The molecular formula is C23H22N2O4. The highest BCUT2D eigenvalue weighted by Gasteiger charge is 2.13. The van der Waals surface area contributed by atoms with E-state index >= 15 is 0 Å². The molecule has 0 unspecified atom stereocenters. The van der Waals surface area contributed by atoms with Gasteiger partial charge >= 0.3 is 0 Å². The van der Waals surface area contributed by atoms with Crippen LogP contribution in [0.4, 0.5) is 0 Å². The van der Waals surface area contributed by atoms with Crippen LogP contribution in [0.5, 0.6) is 11.5 Å². The standard InChI is InChI=1S/C23H22N2O4/c26-22(17-29-19-11-5-2-6-12-19)24-25-23(27)20-13-7-8-14-21(20)28-16-15-18-9-3-1-4-10-18/h1-14H,15-17H2,(H,24,26)(H,25,27). The van der Waals surface area contributed by atoms with Crippen molar-refractivity contribution in [3.05, 3.63) is 96.1 Å². The minimum Gasteiger partial charge on any atom is -0.492 e. The first-order valence-corrected chi connectivity index (χ1v) is 9.25. The Bertz CT molecular complexity index is 930. The van der Waals surface area contributed by atoms with Crippen LogP contribution in [0.15, 0.2) is 84.9 Å². The summed E-state index contributed by atoms with van der Waals surface area (Å²) < 4.78 is 11.1. The molecule has 0 aliphatic rings. The summed E-state index contributed by atoms with van der Waals surface area (Å²) in [6, 6.07) is 25.8. The molecule has 0 saturated heterocycles. The van der Waals surface area contributed by atoms with E-state index in [9.17, 15) is 9.59 Å². The van der Waals surface area contributed by atoms with E-state index < -0.39 is 11.8 Å². The summed E-state index contributed by atoms with van der Waals surface area (Å²) in [5.41, 5.74) is 6.22. The Morgan fingerprint density at radius 1 is 0.724 bits per heavy atom. The van der Waals surface area contributed by atoms with E-state index in [1.165, 1.54) is 0 Å². The highest BCUT2D eigenvalue weighted by Crippen LogP contribution is 2.18. The van der Waals surface area contributed by atoms with Gasteiger partial charge in [-0.3, -0.25) is 20.4 Å². The van der Waals surface area contributed by atoms with Gasteiger partial charge in [-0.1, -0.05) is 60.7 Å². The van der Waals surface area contributed by atoms with Crippen LogP contribution in [-0.2, 0) is 11.2 Å². The van der Waals surface area contributed by atoms with Crippen molar-refractivity contribution in [2.75, 3.05) is 13.2 Å². The minimum atomic E-state index is -0.468. The molecule has 0 heterocycles. The van der Waals surface area contributed by atoms with Gasteiger partial charge in [0, 0.05) is 6.42 Å². The fourth-order valence-corrected chi connectivity index (χ4v) is 2.60. The van der Waals surface area contributed by atoms with E-state index in [2.05, 4.69) is 10.9 Å². The van der Waals surface area contributed by atoms with Crippen LogP contribution >= 0.6 is 0 Å². The Balaban J connectivity index is 1.48. The molecule has 3 rings (SSSR count). The first kappa shape index (κ1) is 19.9. The average molecular weight is 390 g/mol. The number of amides is 2. The van der Waals surface area contributed by atoms with Crippen LogP contribution in [0, 0.1) is 0 Å². The van der Waals surface area contributed by atoms with Gasteiger partial charge in [0.15, 0.2) is 6.61 Å². The molecule has 0 fully saturated rings. The molecule has 6 nitrogen and oxygen atoms in total.